The van der Waals surface area contributed by atoms with Gasteiger partial charge in [0.05, 0.1) is 12.3 Å². The van der Waals surface area contributed by atoms with Crippen LogP contribution in [0.15, 0.2) is 42.5 Å². The normalized spacial score (nSPS) is 10.3. The lowest BCUT2D eigenvalue weighted by Gasteiger charge is -2.14. The average Bonchev–Trinajstić information content (AvgIpc) is 2.68. The third-order valence-electron chi connectivity index (χ3n) is 4.26. The zero-order chi connectivity index (χ0) is 19.6. The number of carbonyl (C=O) groups is 2. The van der Waals surface area contributed by atoms with E-state index in [9.17, 15) is 9.59 Å². The molecule has 27 heavy (non-hydrogen) atoms. The van der Waals surface area contributed by atoms with Crippen LogP contribution in [-0.4, -0.2) is 18.4 Å². The van der Waals surface area contributed by atoms with Gasteiger partial charge < -0.3 is 15.4 Å². The molecule has 0 radical (unpaired) electrons. The molecule has 0 aliphatic heterocycles. The van der Waals surface area contributed by atoms with Gasteiger partial charge in [0.2, 0.25) is 0 Å². The summed E-state index contributed by atoms with van der Waals surface area (Å²) >= 11 is 0. The van der Waals surface area contributed by atoms with Gasteiger partial charge in [-0.25, -0.2) is 0 Å². The van der Waals surface area contributed by atoms with Crippen molar-refractivity contribution in [2.45, 2.75) is 46.5 Å². The van der Waals surface area contributed by atoms with Crippen LogP contribution in [0.5, 0.6) is 5.75 Å². The van der Waals surface area contributed by atoms with E-state index in [1.807, 2.05) is 50.2 Å². The molecule has 0 unspecified atom stereocenters. The van der Waals surface area contributed by atoms with E-state index < -0.39 is 11.8 Å². The minimum absolute atomic E-state index is 0.479. The van der Waals surface area contributed by atoms with Crippen molar-refractivity contribution in [1.82, 2.24) is 0 Å². The van der Waals surface area contributed by atoms with Crippen molar-refractivity contribution in [1.29, 1.82) is 0 Å². The first-order valence-electron chi connectivity index (χ1n) is 9.54. The minimum Gasteiger partial charge on any atom is -0.492 e. The smallest absolute Gasteiger partial charge is 0.314 e. The Labute approximate surface area is 161 Å². The Morgan fingerprint density at radius 2 is 1.63 bits per heavy atom. The maximum atomic E-state index is 12.4. The lowest BCUT2D eigenvalue weighted by molar-refractivity contribution is -0.133. The van der Waals surface area contributed by atoms with Crippen molar-refractivity contribution in [3.8, 4) is 5.75 Å². The lowest BCUT2D eigenvalue weighted by atomic mass is 10.1. The van der Waals surface area contributed by atoms with Crippen LogP contribution in [0.3, 0.4) is 0 Å². The summed E-state index contributed by atoms with van der Waals surface area (Å²) in [6.07, 6.45) is 3.84. The number of hydrogen-bond acceptors (Lipinski definition) is 3. The highest BCUT2D eigenvalue weighted by Crippen LogP contribution is 2.27. The van der Waals surface area contributed by atoms with Gasteiger partial charge in [-0.15, -0.1) is 0 Å². The summed E-state index contributed by atoms with van der Waals surface area (Å²) < 4.78 is 5.59. The molecule has 2 rings (SSSR count). The summed E-state index contributed by atoms with van der Waals surface area (Å²) in [6, 6.07) is 13.2. The van der Waals surface area contributed by atoms with Gasteiger partial charge in [-0.05, 0) is 55.5 Å². The molecule has 0 saturated carbocycles. The van der Waals surface area contributed by atoms with Gasteiger partial charge >= 0.3 is 11.8 Å². The number of amides is 2. The molecule has 0 heterocycles. The number of anilines is 2. The highest BCUT2D eigenvalue weighted by Gasteiger charge is 2.17. The third kappa shape index (κ3) is 5.84. The summed E-state index contributed by atoms with van der Waals surface area (Å²) in [6.45, 7) is 6.50. The maximum absolute atomic E-state index is 12.4. The second kappa shape index (κ2) is 10.4. The fraction of sp³-hybridized carbons (Fsp3) is 0.364. The first-order valence-corrected chi connectivity index (χ1v) is 9.54. The van der Waals surface area contributed by atoms with E-state index >= 15 is 0 Å². The Balaban J connectivity index is 2.13. The van der Waals surface area contributed by atoms with E-state index in [2.05, 4.69) is 17.6 Å². The van der Waals surface area contributed by atoms with Gasteiger partial charge in [0.15, 0.2) is 0 Å². The van der Waals surface area contributed by atoms with Crippen LogP contribution in [0.25, 0.3) is 0 Å². The van der Waals surface area contributed by atoms with E-state index in [1.165, 1.54) is 0 Å². The van der Waals surface area contributed by atoms with Crippen molar-refractivity contribution in [2.75, 3.05) is 17.2 Å². The Hall–Kier alpha value is -2.82. The van der Waals surface area contributed by atoms with Crippen LogP contribution in [0.4, 0.5) is 11.4 Å². The van der Waals surface area contributed by atoms with Crippen molar-refractivity contribution in [3.63, 3.8) is 0 Å². The summed E-state index contributed by atoms with van der Waals surface area (Å²) in [5.74, 6) is -0.848. The summed E-state index contributed by atoms with van der Waals surface area (Å²) in [4.78, 5) is 24.8. The molecule has 0 spiro atoms. The van der Waals surface area contributed by atoms with E-state index in [4.69, 9.17) is 4.74 Å². The van der Waals surface area contributed by atoms with Crippen LogP contribution in [0, 0.1) is 0 Å². The molecule has 5 nitrogen and oxygen atoms in total. The third-order valence-corrected chi connectivity index (χ3v) is 4.26. The second-order valence-corrected chi connectivity index (χ2v) is 6.29. The zero-order valence-electron chi connectivity index (χ0n) is 16.3. The molecular formula is C22H28N2O3. The molecular weight excluding hydrogens is 340 g/mol. The quantitative estimate of drug-likeness (QED) is 0.671. The molecule has 0 bridgehead atoms. The second-order valence-electron chi connectivity index (χ2n) is 6.29. The molecule has 0 aromatic heterocycles. The Bertz CT molecular complexity index is 787. The number of para-hydroxylation sites is 1. The fourth-order valence-corrected chi connectivity index (χ4v) is 2.80. The highest BCUT2D eigenvalue weighted by molar-refractivity contribution is 6.43. The SMILES string of the molecule is CCCCc1ccc(OCC)c(NC(=O)C(=O)Nc2ccccc2CC)c1. The van der Waals surface area contributed by atoms with E-state index in [0.717, 1.165) is 36.8 Å². The van der Waals surface area contributed by atoms with Gasteiger partial charge in [0, 0.05) is 5.69 Å². The Morgan fingerprint density at radius 1 is 0.926 bits per heavy atom. The molecule has 2 N–H and O–H groups in total. The summed E-state index contributed by atoms with van der Waals surface area (Å²) in [5, 5.41) is 5.38. The number of hydrogen-bond donors (Lipinski definition) is 2. The monoisotopic (exact) mass is 368 g/mol. The summed E-state index contributed by atoms with van der Waals surface area (Å²) in [5.41, 5.74) is 3.26. The molecule has 5 heteroatoms. The van der Waals surface area contributed by atoms with Crippen LogP contribution < -0.4 is 15.4 Å². The van der Waals surface area contributed by atoms with Gasteiger partial charge in [-0.2, -0.15) is 0 Å². The first kappa shape index (κ1) is 20.5. The molecule has 144 valence electrons. The topological polar surface area (TPSA) is 67.4 Å². The van der Waals surface area contributed by atoms with Crippen LogP contribution in [0.2, 0.25) is 0 Å². The summed E-state index contributed by atoms with van der Waals surface area (Å²) in [7, 11) is 0. The van der Waals surface area contributed by atoms with Crippen molar-refractivity contribution in [3.05, 3.63) is 53.6 Å². The van der Waals surface area contributed by atoms with Gasteiger partial charge in [0.1, 0.15) is 5.75 Å². The minimum atomic E-state index is -0.713. The largest absolute Gasteiger partial charge is 0.492 e. The van der Waals surface area contributed by atoms with Gasteiger partial charge in [-0.3, -0.25) is 9.59 Å². The number of carbonyl (C=O) groups excluding carboxylic acids is 2. The van der Waals surface area contributed by atoms with E-state index in [0.29, 0.717) is 23.7 Å². The van der Waals surface area contributed by atoms with Crippen molar-refractivity contribution in [2.24, 2.45) is 0 Å². The molecule has 0 fully saturated rings. The van der Waals surface area contributed by atoms with Crippen molar-refractivity contribution >= 4 is 23.2 Å². The molecule has 2 amide bonds. The van der Waals surface area contributed by atoms with Crippen LogP contribution in [0.1, 0.15) is 44.7 Å². The molecule has 2 aromatic carbocycles. The number of nitrogens with one attached hydrogen (secondary N) is 2. The zero-order valence-corrected chi connectivity index (χ0v) is 16.3. The van der Waals surface area contributed by atoms with Crippen LogP contribution >= 0.6 is 0 Å². The number of rotatable bonds is 8. The number of benzene rings is 2. The number of ether oxygens (including phenoxy) is 1. The molecule has 0 saturated heterocycles. The molecule has 0 atom stereocenters. The predicted octanol–water partition coefficient (Wildman–Crippen LogP) is 4.57. The standard InChI is InChI=1S/C22H28N2O3/c1-4-7-10-16-13-14-20(27-6-3)19(15-16)24-22(26)21(25)23-18-12-9-8-11-17(18)5-2/h8-9,11-15H,4-7,10H2,1-3H3,(H,23,25)(H,24,26). The fourth-order valence-electron chi connectivity index (χ4n) is 2.80. The number of aryl methyl sites for hydroxylation is 2. The van der Waals surface area contributed by atoms with Crippen LogP contribution in [-0.2, 0) is 22.4 Å². The highest BCUT2D eigenvalue weighted by atomic mass is 16.5. The van der Waals surface area contributed by atoms with Crippen molar-refractivity contribution < 1.29 is 14.3 Å². The van der Waals surface area contributed by atoms with Gasteiger partial charge in [-0.1, -0.05) is 44.5 Å². The Kier molecular flexibility index (Phi) is 7.86. The van der Waals surface area contributed by atoms with Gasteiger partial charge in [0.25, 0.3) is 0 Å². The predicted molar refractivity (Wildman–Crippen MR) is 109 cm³/mol. The lowest BCUT2D eigenvalue weighted by Crippen LogP contribution is -2.29. The first-order chi connectivity index (χ1) is 13.1. The molecule has 0 aliphatic rings. The molecule has 2 aromatic rings. The number of unbranched alkanes of at least 4 members (excludes halogenated alkanes) is 1. The van der Waals surface area contributed by atoms with E-state index in [1.54, 1.807) is 6.07 Å². The van der Waals surface area contributed by atoms with E-state index in [-0.39, 0.29) is 0 Å². The average molecular weight is 368 g/mol. The molecule has 0 aliphatic carbocycles. The maximum Gasteiger partial charge on any atom is 0.314 e. The Morgan fingerprint density at radius 3 is 2.30 bits per heavy atom.